The van der Waals surface area contributed by atoms with Crippen LogP contribution in [0.3, 0.4) is 0 Å². The molecule has 1 saturated heterocycles. The fourth-order valence-electron chi connectivity index (χ4n) is 1.88. The van der Waals surface area contributed by atoms with Crippen LogP contribution in [0.4, 0.5) is 5.95 Å². The Kier molecular flexibility index (Phi) is 9.17. The summed E-state index contributed by atoms with van der Waals surface area (Å²) in [6.07, 6.45) is 4.76. The highest BCUT2D eigenvalue weighted by molar-refractivity contribution is 8.77. The number of anilines is 1. The van der Waals surface area contributed by atoms with Crippen LogP contribution in [-0.2, 0) is 4.79 Å². The Balaban J connectivity index is 0.000000224. The van der Waals surface area contributed by atoms with Gasteiger partial charge in [0.2, 0.25) is 5.95 Å². The molecule has 2 heterocycles. The van der Waals surface area contributed by atoms with Gasteiger partial charge in [-0.15, -0.1) is 0 Å². The molecule has 7 nitrogen and oxygen atoms in total. The normalized spacial score (nSPS) is 16.8. The minimum Gasteiger partial charge on any atom is -0.481 e. The van der Waals surface area contributed by atoms with Crippen LogP contribution in [0.2, 0.25) is 0 Å². The van der Waals surface area contributed by atoms with Gasteiger partial charge in [-0.3, -0.25) is 10.0 Å². The van der Waals surface area contributed by atoms with Crippen molar-refractivity contribution in [2.24, 2.45) is 0 Å². The van der Waals surface area contributed by atoms with E-state index in [1.807, 2.05) is 27.1 Å². The minimum atomic E-state index is -0.663. The van der Waals surface area contributed by atoms with Gasteiger partial charge < -0.3 is 5.11 Å². The van der Waals surface area contributed by atoms with Crippen LogP contribution >= 0.6 is 21.6 Å². The number of nitrogens with zero attached hydrogens (tertiary/aromatic N) is 3. The Morgan fingerprint density at radius 1 is 1.27 bits per heavy atom. The number of nitrogens with one attached hydrogen (secondary N) is 1. The van der Waals surface area contributed by atoms with Crippen molar-refractivity contribution in [3.05, 3.63) is 11.6 Å². The number of carboxylic acids is 1. The molecule has 0 amide bonds. The molecule has 0 bridgehead atoms. The summed E-state index contributed by atoms with van der Waals surface area (Å²) < 4.78 is 0. The lowest BCUT2D eigenvalue weighted by molar-refractivity contribution is -0.137. The second kappa shape index (κ2) is 10.6. The number of aliphatic carboxylic acids is 1. The highest BCUT2D eigenvalue weighted by Crippen LogP contribution is 2.39. The first-order valence-electron chi connectivity index (χ1n) is 7.10. The minimum absolute atomic E-state index is 0.185. The molecule has 0 radical (unpaired) electrons. The second-order valence-electron chi connectivity index (χ2n) is 4.83. The molecule has 0 saturated carbocycles. The van der Waals surface area contributed by atoms with Crippen LogP contribution in [0, 0.1) is 13.8 Å². The smallest absolute Gasteiger partial charge is 0.303 e. The van der Waals surface area contributed by atoms with E-state index < -0.39 is 5.97 Å². The Morgan fingerprint density at radius 2 is 1.95 bits per heavy atom. The number of rotatable bonds is 6. The summed E-state index contributed by atoms with van der Waals surface area (Å²) in [5.41, 5.74) is 1.85. The average Bonchev–Trinajstić information content (AvgIpc) is 2.96. The molecule has 1 atom stereocenters. The Bertz CT molecular complexity index is 450. The summed E-state index contributed by atoms with van der Waals surface area (Å²) in [7, 11) is 3.92. The molecule has 0 aliphatic carbocycles. The third-order valence-corrected chi connectivity index (χ3v) is 5.86. The molecule has 2 rings (SSSR count). The lowest BCUT2D eigenvalue weighted by atomic mass is 10.1. The van der Waals surface area contributed by atoms with Crippen LogP contribution in [0.25, 0.3) is 0 Å². The topological polar surface area (TPSA) is 108 Å². The molecular weight excluding hydrogens is 324 g/mol. The van der Waals surface area contributed by atoms with Crippen molar-refractivity contribution >= 4 is 33.5 Å². The standard InChI is InChI=1S/C8H14O2S2.C5H8N4O/c9-8(10)4-2-1-3-7-5-6-11-12-7;1-3-6-4(2)8-5(7-3)9-10/h7H,1-6H2,(H,9,10);10H,1-2H3,(H,6,7,8,9). The zero-order chi connectivity index (χ0) is 16.4. The molecule has 1 aliphatic rings. The maximum Gasteiger partial charge on any atom is 0.303 e. The van der Waals surface area contributed by atoms with Crippen molar-refractivity contribution in [2.45, 2.75) is 51.2 Å². The fourth-order valence-corrected chi connectivity index (χ4v) is 4.91. The van der Waals surface area contributed by atoms with E-state index in [2.05, 4.69) is 15.0 Å². The van der Waals surface area contributed by atoms with Gasteiger partial charge in [0.05, 0.1) is 0 Å². The lowest BCUT2D eigenvalue weighted by Crippen LogP contribution is -2.02. The van der Waals surface area contributed by atoms with Crippen LogP contribution in [0.1, 0.15) is 43.8 Å². The van der Waals surface area contributed by atoms with E-state index in [1.165, 1.54) is 18.6 Å². The molecule has 124 valence electrons. The Hall–Kier alpha value is -1.06. The molecule has 0 aromatic carbocycles. The zero-order valence-corrected chi connectivity index (χ0v) is 14.4. The van der Waals surface area contributed by atoms with Gasteiger partial charge in [0, 0.05) is 17.4 Å². The van der Waals surface area contributed by atoms with Gasteiger partial charge in [-0.2, -0.15) is 9.97 Å². The summed E-state index contributed by atoms with van der Waals surface area (Å²) in [6.45, 7) is 3.46. The second-order valence-corrected chi connectivity index (χ2v) is 7.62. The number of carboxylic acid groups (broad SMARTS) is 1. The highest BCUT2D eigenvalue weighted by Gasteiger charge is 2.15. The van der Waals surface area contributed by atoms with E-state index in [0.29, 0.717) is 18.1 Å². The maximum atomic E-state index is 10.2. The summed E-state index contributed by atoms with van der Waals surface area (Å²) in [5, 5.41) is 17.6. The third-order valence-electron chi connectivity index (χ3n) is 2.85. The molecule has 1 aromatic rings. The van der Waals surface area contributed by atoms with Gasteiger partial charge in [-0.25, -0.2) is 10.5 Å². The van der Waals surface area contributed by atoms with E-state index >= 15 is 0 Å². The van der Waals surface area contributed by atoms with Crippen molar-refractivity contribution in [1.82, 2.24) is 15.0 Å². The predicted molar refractivity (Wildman–Crippen MR) is 89.3 cm³/mol. The quantitative estimate of drug-likeness (QED) is 0.407. The first-order chi connectivity index (χ1) is 10.5. The number of hydrogen-bond donors (Lipinski definition) is 3. The first-order valence-corrected chi connectivity index (χ1v) is 9.49. The SMILES string of the molecule is Cc1nc(C)nc(NO)n1.O=C(O)CCCCC1CCSS1. The van der Waals surface area contributed by atoms with Gasteiger partial charge in [0.1, 0.15) is 11.6 Å². The van der Waals surface area contributed by atoms with E-state index in [1.54, 1.807) is 13.8 Å². The highest BCUT2D eigenvalue weighted by atomic mass is 33.1. The fraction of sp³-hybridized carbons (Fsp3) is 0.692. The molecule has 3 N–H and O–H groups in total. The van der Waals surface area contributed by atoms with Gasteiger partial charge in [0.15, 0.2) is 0 Å². The van der Waals surface area contributed by atoms with E-state index in [0.717, 1.165) is 18.1 Å². The molecule has 22 heavy (non-hydrogen) atoms. The summed E-state index contributed by atoms with van der Waals surface area (Å²) >= 11 is 0. The maximum absolute atomic E-state index is 10.2. The number of unbranched alkanes of at least 4 members (excludes halogenated alkanes) is 1. The van der Waals surface area contributed by atoms with Gasteiger partial charge in [-0.05, 0) is 33.1 Å². The molecule has 1 unspecified atom stereocenters. The Labute approximate surface area is 138 Å². The first kappa shape index (κ1) is 19.0. The molecular formula is C13H22N4O3S2. The molecule has 1 aromatic heterocycles. The molecule has 1 aliphatic heterocycles. The lowest BCUT2D eigenvalue weighted by Gasteiger charge is -2.04. The van der Waals surface area contributed by atoms with E-state index in [4.69, 9.17) is 10.3 Å². The van der Waals surface area contributed by atoms with Crippen LogP contribution < -0.4 is 5.48 Å². The van der Waals surface area contributed by atoms with E-state index in [9.17, 15) is 4.79 Å². The van der Waals surface area contributed by atoms with Crippen molar-refractivity contribution in [3.63, 3.8) is 0 Å². The number of aryl methyl sites for hydroxylation is 2. The Morgan fingerprint density at radius 3 is 2.45 bits per heavy atom. The zero-order valence-electron chi connectivity index (χ0n) is 12.8. The largest absolute Gasteiger partial charge is 0.481 e. The monoisotopic (exact) mass is 346 g/mol. The summed E-state index contributed by atoms with van der Waals surface area (Å²) in [4.78, 5) is 21.6. The van der Waals surface area contributed by atoms with Crippen LogP contribution in [0.15, 0.2) is 0 Å². The molecule has 9 heteroatoms. The van der Waals surface area contributed by atoms with Crippen LogP contribution in [-0.4, -0.2) is 42.2 Å². The average molecular weight is 346 g/mol. The number of aromatic nitrogens is 3. The van der Waals surface area contributed by atoms with Crippen molar-refractivity contribution < 1.29 is 15.1 Å². The summed E-state index contributed by atoms with van der Waals surface area (Å²) in [6, 6.07) is 0. The van der Waals surface area contributed by atoms with Crippen molar-refractivity contribution in [3.8, 4) is 0 Å². The number of carbonyl (C=O) groups is 1. The molecule has 1 fully saturated rings. The third kappa shape index (κ3) is 8.40. The predicted octanol–water partition coefficient (Wildman–Crippen LogP) is 3.07. The molecule has 0 spiro atoms. The van der Waals surface area contributed by atoms with Gasteiger partial charge >= 0.3 is 5.97 Å². The van der Waals surface area contributed by atoms with Crippen molar-refractivity contribution in [1.29, 1.82) is 0 Å². The van der Waals surface area contributed by atoms with Crippen LogP contribution in [0.5, 0.6) is 0 Å². The number of hydrogen-bond acceptors (Lipinski definition) is 8. The van der Waals surface area contributed by atoms with Gasteiger partial charge in [0.25, 0.3) is 0 Å². The van der Waals surface area contributed by atoms with Crippen molar-refractivity contribution in [2.75, 3.05) is 11.2 Å². The van der Waals surface area contributed by atoms with Gasteiger partial charge in [-0.1, -0.05) is 28.0 Å². The van der Waals surface area contributed by atoms with E-state index in [-0.39, 0.29) is 5.95 Å². The summed E-state index contributed by atoms with van der Waals surface area (Å²) in [5.74, 6) is 1.97.